The first-order valence-corrected chi connectivity index (χ1v) is 16.5. The van der Waals surface area contributed by atoms with Crippen molar-refractivity contribution in [3.8, 4) is 28.3 Å². The van der Waals surface area contributed by atoms with Crippen molar-refractivity contribution in [2.45, 2.75) is 19.3 Å². The second-order valence-electron chi connectivity index (χ2n) is 13.3. The fraction of sp³-hybridized carbons (Fsp3) is 0.0698. The lowest BCUT2D eigenvalue weighted by Gasteiger charge is -2.33. The number of rotatable bonds is 3. The molecular weight excluding hydrogens is 603 g/mol. The van der Waals surface area contributed by atoms with Crippen LogP contribution in [0.5, 0.6) is 0 Å². The first-order chi connectivity index (χ1) is 24.0. The molecule has 0 N–H and O–H groups in total. The van der Waals surface area contributed by atoms with Crippen molar-refractivity contribution >= 4 is 49.6 Å². The molecule has 232 valence electrons. The molecular formula is C43H29N5O. The molecule has 6 nitrogen and oxygen atoms in total. The van der Waals surface area contributed by atoms with Crippen molar-refractivity contribution in [1.82, 2.24) is 24.1 Å². The smallest absolute Gasteiger partial charge is 0.264 e. The molecule has 3 aromatic heterocycles. The van der Waals surface area contributed by atoms with E-state index in [4.69, 9.17) is 15.0 Å². The number of nitrogens with zero attached hydrogens (tertiary/aromatic N) is 5. The monoisotopic (exact) mass is 631 g/mol. The fourth-order valence-corrected chi connectivity index (χ4v) is 7.85. The molecule has 0 bridgehead atoms. The molecule has 0 saturated carbocycles. The summed E-state index contributed by atoms with van der Waals surface area (Å²) in [6.07, 6.45) is 0. The highest BCUT2D eigenvalue weighted by atomic mass is 16.2. The van der Waals surface area contributed by atoms with Gasteiger partial charge in [-0.15, -0.1) is 0 Å². The SMILES string of the molecule is CC1(C)c2c(ccc3c2c2ccccc2n3-c2nc(-c3cccc(-c4ccccc4)c3)c3ccccc3n2)C(=O)n2c1nc1ccccc12. The summed E-state index contributed by atoms with van der Waals surface area (Å²) in [4.78, 5) is 29.8. The van der Waals surface area contributed by atoms with Gasteiger partial charge < -0.3 is 0 Å². The summed E-state index contributed by atoms with van der Waals surface area (Å²) in [6.45, 7) is 4.35. The van der Waals surface area contributed by atoms with Gasteiger partial charge >= 0.3 is 0 Å². The van der Waals surface area contributed by atoms with Crippen LogP contribution in [0.25, 0.3) is 72.1 Å². The van der Waals surface area contributed by atoms with Gasteiger partial charge in [0.15, 0.2) is 0 Å². The Morgan fingerprint density at radius 1 is 0.531 bits per heavy atom. The highest BCUT2D eigenvalue weighted by Crippen LogP contribution is 2.46. The van der Waals surface area contributed by atoms with Gasteiger partial charge in [-0.25, -0.2) is 15.0 Å². The van der Waals surface area contributed by atoms with E-state index in [1.807, 2.05) is 60.7 Å². The molecule has 0 unspecified atom stereocenters. The van der Waals surface area contributed by atoms with Crippen molar-refractivity contribution in [3.63, 3.8) is 0 Å². The zero-order chi connectivity index (χ0) is 32.9. The number of fused-ring (bicyclic) bond motifs is 9. The molecule has 0 amide bonds. The zero-order valence-corrected chi connectivity index (χ0v) is 26.9. The van der Waals surface area contributed by atoms with E-state index in [1.54, 1.807) is 4.57 Å². The van der Waals surface area contributed by atoms with Crippen LogP contribution in [0.1, 0.15) is 35.6 Å². The third-order valence-corrected chi connectivity index (χ3v) is 10.1. The van der Waals surface area contributed by atoms with E-state index in [2.05, 4.69) is 97.3 Å². The lowest BCUT2D eigenvalue weighted by Crippen LogP contribution is -2.35. The molecule has 0 saturated heterocycles. The highest BCUT2D eigenvalue weighted by Gasteiger charge is 2.42. The summed E-state index contributed by atoms with van der Waals surface area (Å²) >= 11 is 0. The molecule has 0 atom stereocenters. The lowest BCUT2D eigenvalue weighted by molar-refractivity contribution is 0.0948. The lowest BCUT2D eigenvalue weighted by atomic mass is 9.76. The summed E-state index contributed by atoms with van der Waals surface area (Å²) < 4.78 is 3.95. The van der Waals surface area contributed by atoms with Crippen LogP contribution in [-0.2, 0) is 5.41 Å². The number of para-hydroxylation sites is 4. The summed E-state index contributed by atoms with van der Waals surface area (Å²) in [6, 6.07) is 47.4. The molecule has 9 aromatic rings. The first-order valence-electron chi connectivity index (χ1n) is 16.5. The Morgan fingerprint density at radius 3 is 2.04 bits per heavy atom. The molecule has 10 rings (SSSR count). The summed E-state index contributed by atoms with van der Waals surface area (Å²) in [5.74, 6) is 1.27. The molecule has 6 aromatic carbocycles. The van der Waals surface area contributed by atoms with E-state index in [0.717, 1.165) is 77.5 Å². The maximum absolute atomic E-state index is 14.3. The molecule has 0 fully saturated rings. The van der Waals surface area contributed by atoms with E-state index >= 15 is 0 Å². The van der Waals surface area contributed by atoms with Gasteiger partial charge in [0.1, 0.15) is 5.82 Å². The van der Waals surface area contributed by atoms with Gasteiger partial charge in [0.2, 0.25) is 5.95 Å². The number of carbonyl (C=O) groups is 1. The van der Waals surface area contributed by atoms with Crippen LogP contribution in [0.2, 0.25) is 0 Å². The molecule has 1 aliphatic heterocycles. The number of hydrogen-bond acceptors (Lipinski definition) is 4. The highest BCUT2D eigenvalue weighted by molar-refractivity contribution is 6.16. The zero-order valence-electron chi connectivity index (χ0n) is 26.9. The number of hydrogen-bond donors (Lipinski definition) is 0. The fourth-order valence-electron chi connectivity index (χ4n) is 7.85. The van der Waals surface area contributed by atoms with Crippen LogP contribution in [0.3, 0.4) is 0 Å². The summed E-state index contributed by atoms with van der Waals surface area (Å²) in [5.41, 5.74) is 9.71. The summed E-state index contributed by atoms with van der Waals surface area (Å²) in [7, 11) is 0. The van der Waals surface area contributed by atoms with Crippen LogP contribution in [0.4, 0.5) is 0 Å². The van der Waals surface area contributed by atoms with Gasteiger partial charge in [-0.3, -0.25) is 13.9 Å². The predicted molar refractivity (Wildman–Crippen MR) is 196 cm³/mol. The standard InChI is InChI=1S/C43H29N5O/c1-43(2)38-31(40(49)48-35-22-11-9-20-33(35)44-41(43)48)23-24-36-37(38)30-18-7-10-21-34(30)47(36)42-45-32-19-8-6-17-29(32)39(46-42)28-16-12-15-27(25-28)26-13-4-3-5-14-26/h3-25H,1-2H3. The maximum atomic E-state index is 14.3. The van der Waals surface area contributed by atoms with Crippen LogP contribution in [0, 0.1) is 0 Å². The normalized spacial score (nSPS) is 13.7. The Labute approximate surface area is 281 Å². The largest absolute Gasteiger partial charge is 0.278 e. The third-order valence-electron chi connectivity index (χ3n) is 10.1. The number of carbonyl (C=O) groups excluding carboxylic acids is 1. The minimum absolute atomic E-state index is 0.0562. The number of imidazole rings is 1. The van der Waals surface area contributed by atoms with Crippen molar-refractivity contribution in [2.24, 2.45) is 0 Å². The molecule has 49 heavy (non-hydrogen) atoms. The van der Waals surface area contributed by atoms with E-state index < -0.39 is 5.41 Å². The van der Waals surface area contributed by atoms with E-state index in [0.29, 0.717) is 11.5 Å². The number of benzene rings is 6. The third kappa shape index (κ3) is 3.88. The Balaban J connectivity index is 1.25. The minimum Gasteiger partial charge on any atom is -0.278 e. The Hall–Kier alpha value is -6.40. The van der Waals surface area contributed by atoms with E-state index in [9.17, 15) is 4.79 Å². The van der Waals surface area contributed by atoms with Gasteiger partial charge in [-0.1, -0.05) is 97.1 Å². The Bertz CT molecular complexity index is 2820. The minimum atomic E-state index is -0.565. The molecule has 1 aliphatic rings. The topological polar surface area (TPSA) is 65.6 Å². The van der Waals surface area contributed by atoms with E-state index in [-0.39, 0.29) is 5.91 Å². The summed E-state index contributed by atoms with van der Waals surface area (Å²) in [5, 5.41) is 3.05. The maximum Gasteiger partial charge on any atom is 0.264 e. The molecule has 6 heteroatoms. The van der Waals surface area contributed by atoms with Gasteiger partial charge in [0.05, 0.1) is 33.3 Å². The van der Waals surface area contributed by atoms with Crippen LogP contribution >= 0.6 is 0 Å². The van der Waals surface area contributed by atoms with Crippen molar-refractivity contribution < 1.29 is 4.79 Å². The predicted octanol–water partition coefficient (Wildman–Crippen LogP) is 9.74. The molecule has 0 spiro atoms. The second-order valence-corrected chi connectivity index (χ2v) is 13.3. The van der Waals surface area contributed by atoms with Crippen molar-refractivity contribution in [3.05, 3.63) is 156 Å². The van der Waals surface area contributed by atoms with Gasteiger partial charge in [-0.2, -0.15) is 0 Å². The van der Waals surface area contributed by atoms with Crippen LogP contribution in [0.15, 0.2) is 140 Å². The van der Waals surface area contributed by atoms with Crippen LogP contribution < -0.4 is 0 Å². The van der Waals surface area contributed by atoms with E-state index in [1.165, 1.54) is 0 Å². The van der Waals surface area contributed by atoms with Crippen molar-refractivity contribution in [1.29, 1.82) is 0 Å². The Morgan fingerprint density at radius 2 is 1.20 bits per heavy atom. The quantitative estimate of drug-likeness (QED) is 0.195. The second kappa shape index (κ2) is 10.1. The van der Waals surface area contributed by atoms with Gasteiger partial charge in [-0.05, 0) is 73.0 Å². The molecule has 4 heterocycles. The van der Waals surface area contributed by atoms with Crippen LogP contribution in [-0.4, -0.2) is 30.0 Å². The molecule has 0 aliphatic carbocycles. The first kappa shape index (κ1) is 27.7. The van der Waals surface area contributed by atoms with Gasteiger partial charge in [0.25, 0.3) is 5.91 Å². The average molecular weight is 632 g/mol. The Kier molecular flexibility index (Phi) is 5.68. The number of aromatic nitrogens is 5. The molecule has 0 radical (unpaired) electrons. The van der Waals surface area contributed by atoms with Gasteiger partial charge in [0, 0.05) is 32.7 Å². The average Bonchev–Trinajstić information content (AvgIpc) is 3.71. The van der Waals surface area contributed by atoms with Crippen molar-refractivity contribution in [2.75, 3.05) is 0 Å².